The summed E-state index contributed by atoms with van der Waals surface area (Å²) >= 11 is 0. The minimum atomic E-state index is -0.148. The number of nitrogens with zero attached hydrogens (tertiary/aromatic N) is 1. The van der Waals surface area contributed by atoms with Crippen molar-refractivity contribution in [3.05, 3.63) is 60.0 Å². The second kappa shape index (κ2) is 5.26. The summed E-state index contributed by atoms with van der Waals surface area (Å²) in [5, 5.41) is 3.14. The first-order valence-electron chi connectivity index (χ1n) is 5.24. The van der Waals surface area contributed by atoms with Crippen LogP contribution in [0.3, 0.4) is 0 Å². The van der Waals surface area contributed by atoms with Crippen LogP contribution in [0.25, 0.3) is 0 Å². The molecule has 0 saturated heterocycles. The van der Waals surface area contributed by atoms with Gasteiger partial charge in [0, 0.05) is 12.7 Å². The number of benzene rings is 1. The minimum absolute atomic E-state index is 0.148. The summed E-state index contributed by atoms with van der Waals surface area (Å²) in [6.45, 7) is 0.679. The predicted octanol–water partition coefficient (Wildman–Crippen LogP) is 2.88. The number of rotatable bonds is 4. The minimum Gasteiger partial charge on any atom is -0.370 e. The lowest BCUT2D eigenvalue weighted by Gasteiger charge is -2.05. The first kappa shape index (κ1) is 10.6. The zero-order chi connectivity index (χ0) is 11.2. The number of halogens is 1. The summed E-state index contributed by atoms with van der Waals surface area (Å²) in [7, 11) is 0. The lowest BCUT2D eigenvalue weighted by Crippen LogP contribution is -2.06. The zero-order valence-electron chi connectivity index (χ0n) is 8.86. The molecular weight excluding hydrogens is 203 g/mol. The molecule has 2 nitrogen and oxygen atoms in total. The van der Waals surface area contributed by atoms with E-state index < -0.39 is 0 Å². The Morgan fingerprint density at radius 2 is 1.88 bits per heavy atom. The fourth-order valence-electron chi connectivity index (χ4n) is 1.49. The van der Waals surface area contributed by atoms with Crippen LogP contribution in [0, 0.1) is 5.82 Å². The average Bonchev–Trinajstić information content (AvgIpc) is 2.33. The average molecular weight is 216 g/mol. The van der Waals surface area contributed by atoms with Gasteiger partial charge in [-0.1, -0.05) is 24.3 Å². The van der Waals surface area contributed by atoms with E-state index in [2.05, 4.69) is 10.3 Å². The molecule has 0 aliphatic carbocycles. The molecule has 1 heterocycles. The van der Waals surface area contributed by atoms with Gasteiger partial charge in [0.2, 0.25) is 0 Å². The number of hydrogen-bond acceptors (Lipinski definition) is 2. The number of aromatic nitrogens is 1. The van der Waals surface area contributed by atoms with E-state index in [-0.39, 0.29) is 5.82 Å². The summed E-state index contributed by atoms with van der Waals surface area (Å²) in [6.07, 6.45) is 2.38. The molecule has 2 aromatic rings. The standard InChI is InChI=1S/C13H13FN2/c14-12-6-2-1-5-11(12)8-10-16-13-7-3-4-9-15-13/h1-7,9H,8,10H2,(H,15,16). The van der Waals surface area contributed by atoms with Gasteiger partial charge in [-0.3, -0.25) is 0 Å². The molecule has 0 fully saturated rings. The van der Waals surface area contributed by atoms with Crippen LogP contribution in [-0.4, -0.2) is 11.5 Å². The zero-order valence-corrected chi connectivity index (χ0v) is 8.86. The predicted molar refractivity (Wildman–Crippen MR) is 62.8 cm³/mol. The monoisotopic (exact) mass is 216 g/mol. The third-order valence-electron chi connectivity index (χ3n) is 2.32. The van der Waals surface area contributed by atoms with Crippen LogP contribution in [0.5, 0.6) is 0 Å². The Kier molecular flexibility index (Phi) is 3.49. The van der Waals surface area contributed by atoms with Gasteiger partial charge in [-0.05, 0) is 30.2 Å². The highest BCUT2D eigenvalue weighted by Crippen LogP contribution is 2.07. The molecule has 0 unspecified atom stereocenters. The fraction of sp³-hybridized carbons (Fsp3) is 0.154. The van der Waals surface area contributed by atoms with Crippen molar-refractivity contribution in [1.82, 2.24) is 4.98 Å². The number of anilines is 1. The Balaban J connectivity index is 1.87. The first-order valence-corrected chi connectivity index (χ1v) is 5.24. The van der Waals surface area contributed by atoms with E-state index in [0.717, 1.165) is 11.4 Å². The van der Waals surface area contributed by atoms with Crippen LogP contribution in [0.15, 0.2) is 48.7 Å². The molecule has 0 atom stereocenters. The summed E-state index contributed by atoms with van der Waals surface area (Å²) in [4.78, 5) is 4.13. The van der Waals surface area contributed by atoms with Gasteiger partial charge in [0.05, 0.1) is 0 Å². The van der Waals surface area contributed by atoms with Crippen molar-refractivity contribution in [1.29, 1.82) is 0 Å². The van der Waals surface area contributed by atoms with Crippen molar-refractivity contribution in [2.45, 2.75) is 6.42 Å². The third kappa shape index (κ3) is 2.79. The summed E-state index contributed by atoms with van der Waals surface area (Å²) in [5.74, 6) is 0.671. The summed E-state index contributed by atoms with van der Waals surface area (Å²) in [6, 6.07) is 12.5. The van der Waals surface area contributed by atoms with Crippen LogP contribution in [0.4, 0.5) is 10.2 Å². The van der Waals surface area contributed by atoms with Crippen LogP contribution >= 0.6 is 0 Å². The number of pyridine rings is 1. The van der Waals surface area contributed by atoms with Gasteiger partial charge in [0.25, 0.3) is 0 Å². The maximum atomic E-state index is 13.3. The quantitative estimate of drug-likeness (QED) is 0.850. The molecule has 16 heavy (non-hydrogen) atoms. The summed E-state index contributed by atoms with van der Waals surface area (Å²) < 4.78 is 13.3. The van der Waals surface area contributed by atoms with Gasteiger partial charge in [0.1, 0.15) is 11.6 Å². The molecule has 0 aliphatic heterocycles. The van der Waals surface area contributed by atoms with Crippen LogP contribution in [-0.2, 0) is 6.42 Å². The van der Waals surface area contributed by atoms with Crippen molar-refractivity contribution >= 4 is 5.82 Å². The molecule has 1 N–H and O–H groups in total. The second-order valence-electron chi connectivity index (χ2n) is 3.48. The normalized spacial score (nSPS) is 10.1. The Bertz CT molecular complexity index is 443. The molecule has 0 aliphatic rings. The molecular formula is C13H13FN2. The largest absolute Gasteiger partial charge is 0.370 e. The van der Waals surface area contributed by atoms with E-state index in [9.17, 15) is 4.39 Å². The number of hydrogen-bond donors (Lipinski definition) is 1. The van der Waals surface area contributed by atoms with Crippen molar-refractivity contribution in [2.75, 3.05) is 11.9 Å². The lowest BCUT2D eigenvalue weighted by molar-refractivity contribution is 0.610. The molecule has 0 radical (unpaired) electrons. The Hall–Kier alpha value is -1.90. The molecule has 0 amide bonds. The van der Waals surface area contributed by atoms with Crippen LogP contribution < -0.4 is 5.32 Å². The third-order valence-corrected chi connectivity index (χ3v) is 2.32. The van der Waals surface area contributed by atoms with Crippen molar-refractivity contribution in [3.8, 4) is 0 Å². The molecule has 0 saturated carbocycles. The SMILES string of the molecule is Fc1ccccc1CCNc1ccccn1. The van der Waals surface area contributed by atoms with Gasteiger partial charge in [-0.15, -0.1) is 0 Å². The Morgan fingerprint density at radius 1 is 1.06 bits per heavy atom. The van der Waals surface area contributed by atoms with Crippen LogP contribution in [0.2, 0.25) is 0 Å². The molecule has 1 aromatic heterocycles. The topological polar surface area (TPSA) is 24.9 Å². The van der Waals surface area contributed by atoms with Gasteiger partial charge >= 0.3 is 0 Å². The first-order chi connectivity index (χ1) is 7.86. The lowest BCUT2D eigenvalue weighted by atomic mass is 10.1. The van der Waals surface area contributed by atoms with Gasteiger partial charge in [-0.2, -0.15) is 0 Å². The highest BCUT2D eigenvalue weighted by Gasteiger charge is 1.99. The van der Waals surface area contributed by atoms with E-state index in [1.54, 1.807) is 18.3 Å². The van der Waals surface area contributed by atoms with Gasteiger partial charge < -0.3 is 5.32 Å². The maximum absolute atomic E-state index is 13.3. The van der Waals surface area contributed by atoms with Crippen molar-refractivity contribution < 1.29 is 4.39 Å². The van der Waals surface area contributed by atoms with E-state index in [4.69, 9.17) is 0 Å². The van der Waals surface area contributed by atoms with E-state index >= 15 is 0 Å². The molecule has 2 rings (SSSR count). The van der Waals surface area contributed by atoms with Gasteiger partial charge in [0.15, 0.2) is 0 Å². The van der Waals surface area contributed by atoms with E-state index in [1.807, 2.05) is 24.3 Å². The molecule has 0 spiro atoms. The molecule has 3 heteroatoms. The highest BCUT2D eigenvalue weighted by molar-refractivity contribution is 5.33. The Morgan fingerprint density at radius 3 is 2.62 bits per heavy atom. The van der Waals surface area contributed by atoms with E-state index in [1.165, 1.54) is 6.07 Å². The van der Waals surface area contributed by atoms with Crippen molar-refractivity contribution in [3.63, 3.8) is 0 Å². The van der Waals surface area contributed by atoms with E-state index in [0.29, 0.717) is 13.0 Å². The smallest absolute Gasteiger partial charge is 0.126 e. The summed E-state index contributed by atoms with van der Waals surface area (Å²) in [5.41, 5.74) is 0.728. The number of nitrogens with one attached hydrogen (secondary N) is 1. The second-order valence-corrected chi connectivity index (χ2v) is 3.48. The fourth-order valence-corrected chi connectivity index (χ4v) is 1.49. The van der Waals surface area contributed by atoms with Gasteiger partial charge in [-0.25, -0.2) is 9.37 Å². The highest BCUT2D eigenvalue weighted by atomic mass is 19.1. The maximum Gasteiger partial charge on any atom is 0.126 e. The van der Waals surface area contributed by atoms with Crippen LogP contribution in [0.1, 0.15) is 5.56 Å². The molecule has 82 valence electrons. The molecule has 0 bridgehead atoms. The Labute approximate surface area is 94.2 Å². The molecule has 1 aromatic carbocycles. The van der Waals surface area contributed by atoms with Crippen molar-refractivity contribution in [2.24, 2.45) is 0 Å².